The van der Waals surface area contributed by atoms with Crippen LogP contribution < -0.4 is 10.6 Å². The molecule has 0 aliphatic carbocycles. The zero-order valence-electron chi connectivity index (χ0n) is 12.3. The molecule has 0 aromatic heterocycles. The summed E-state index contributed by atoms with van der Waals surface area (Å²) >= 11 is 4.97. The fraction of sp³-hybridized carbons (Fsp3) is 0.467. The fourth-order valence-corrected chi connectivity index (χ4v) is 1.98. The number of hydrogen-bond donors (Lipinski definition) is 2. The number of carbonyl (C=O) groups excluding carboxylic acids is 1. The van der Waals surface area contributed by atoms with E-state index in [-0.39, 0.29) is 10.7 Å². The molecule has 0 fully saturated rings. The smallest absolute Gasteiger partial charge is 0.362 e. The molecular weight excluding hydrogens is 313 g/mol. The number of hydrogen-bond acceptors (Lipinski definition) is 2. The minimum absolute atomic E-state index is 0.128. The molecular formula is C15H19F3N2OS. The van der Waals surface area contributed by atoms with E-state index in [1.165, 1.54) is 0 Å². The van der Waals surface area contributed by atoms with Crippen molar-refractivity contribution >= 4 is 23.2 Å². The van der Waals surface area contributed by atoms with Crippen LogP contribution in [-0.4, -0.2) is 17.6 Å². The van der Waals surface area contributed by atoms with Crippen LogP contribution in [0.15, 0.2) is 24.3 Å². The second-order valence-corrected chi connectivity index (χ2v) is 5.25. The zero-order valence-corrected chi connectivity index (χ0v) is 13.1. The van der Waals surface area contributed by atoms with Crippen LogP contribution in [0.5, 0.6) is 0 Å². The summed E-state index contributed by atoms with van der Waals surface area (Å²) in [6.45, 7) is 2.77. The Morgan fingerprint density at radius 2 is 1.77 bits per heavy atom. The first kappa shape index (κ1) is 18.4. The molecule has 0 bridgehead atoms. The van der Waals surface area contributed by atoms with Crippen molar-refractivity contribution < 1.29 is 18.0 Å². The summed E-state index contributed by atoms with van der Waals surface area (Å²) in [6, 6.07) is 4.00. The second kappa shape index (κ2) is 8.73. The van der Waals surface area contributed by atoms with Gasteiger partial charge in [0.25, 0.3) is 5.91 Å². The second-order valence-electron chi connectivity index (χ2n) is 4.85. The summed E-state index contributed by atoms with van der Waals surface area (Å²) in [7, 11) is 0. The highest BCUT2D eigenvalue weighted by Crippen LogP contribution is 2.28. The van der Waals surface area contributed by atoms with Crippen LogP contribution in [0.1, 0.15) is 48.5 Å². The van der Waals surface area contributed by atoms with Gasteiger partial charge in [0.1, 0.15) is 0 Å². The normalized spacial score (nSPS) is 11.1. The minimum atomic E-state index is -4.41. The number of alkyl halides is 3. The van der Waals surface area contributed by atoms with E-state index < -0.39 is 17.6 Å². The molecule has 1 aromatic carbocycles. The first-order chi connectivity index (χ1) is 10.3. The van der Waals surface area contributed by atoms with E-state index in [0.29, 0.717) is 6.54 Å². The summed E-state index contributed by atoms with van der Waals surface area (Å²) in [5, 5.41) is 5.52. The van der Waals surface area contributed by atoms with E-state index in [0.717, 1.165) is 49.9 Å². The molecule has 0 atom stereocenters. The lowest BCUT2D eigenvalue weighted by Crippen LogP contribution is -2.39. The number of halogens is 3. The largest absolute Gasteiger partial charge is 0.416 e. The molecule has 0 spiro atoms. The van der Waals surface area contributed by atoms with E-state index in [1.807, 2.05) is 0 Å². The summed E-state index contributed by atoms with van der Waals surface area (Å²) in [5.41, 5.74) is -0.663. The van der Waals surface area contributed by atoms with Crippen LogP contribution in [-0.2, 0) is 6.18 Å². The Hall–Kier alpha value is -1.63. The SMILES string of the molecule is CCCCCCNC(=S)NC(=O)c1ccc(C(F)(F)F)cc1. The van der Waals surface area contributed by atoms with Gasteiger partial charge in [0, 0.05) is 12.1 Å². The Morgan fingerprint density at radius 3 is 2.32 bits per heavy atom. The van der Waals surface area contributed by atoms with Gasteiger partial charge in [-0.2, -0.15) is 13.2 Å². The lowest BCUT2D eigenvalue weighted by atomic mass is 10.1. The van der Waals surface area contributed by atoms with Crippen molar-refractivity contribution in [1.82, 2.24) is 10.6 Å². The van der Waals surface area contributed by atoms with E-state index >= 15 is 0 Å². The molecule has 0 unspecified atom stereocenters. The van der Waals surface area contributed by atoms with E-state index in [9.17, 15) is 18.0 Å². The van der Waals surface area contributed by atoms with Crippen LogP contribution in [0, 0.1) is 0 Å². The highest BCUT2D eigenvalue weighted by molar-refractivity contribution is 7.80. The molecule has 1 aromatic rings. The van der Waals surface area contributed by atoms with Crippen molar-refractivity contribution in [1.29, 1.82) is 0 Å². The first-order valence-corrected chi connectivity index (χ1v) is 7.52. The molecule has 2 N–H and O–H groups in total. The summed E-state index contributed by atoms with van der Waals surface area (Å²) < 4.78 is 37.3. The van der Waals surface area contributed by atoms with Gasteiger partial charge in [0.05, 0.1) is 5.56 Å². The molecule has 1 amide bonds. The van der Waals surface area contributed by atoms with Gasteiger partial charge in [-0.3, -0.25) is 10.1 Å². The predicted molar refractivity (Wildman–Crippen MR) is 83.7 cm³/mol. The lowest BCUT2D eigenvalue weighted by molar-refractivity contribution is -0.137. The van der Waals surface area contributed by atoms with Crippen molar-refractivity contribution in [3.05, 3.63) is 35.4 Å². The Labute approximate surface area is 133 Å². The number of carbonyl (C=O) groups is 1. The summed E-state index contributed by atoms with van der Waals surface area (Å²) in [5.74, 6) is -0.528. The maximum Gasteiger partial charge on any atom is 0.416 e. The Morgan fingerprint density at radius 1 is 1.14 bits per heavy atom. The zero-order chi connectivity index (χ0) is 16.6. The van der Waals surface area contributed by atoms with Crippen molar-refractivity contribution in [2.75, 3.05) is 6.54 Å². The fourth-order valence-electron chi connectivity index (χ4n) is 1.78. The average molecular weight is 332 g/mol. The average Bonchev–Trinajstić information content (AvgIpc) is 2.46. The van der Waals surface area contributed by atoms with Crippen LogP contribution in [0.3, 0.4) is 0 Å². The standard InChI is InChI=1S/C15H19F3N2OS/c1-2-3-4-5-10-19-14(22)20-13(21)11-6-8-12(9-7-11)15(16,17)18/h6-9H,2-5,10H2,1H3,(H2,19,20,21,22). The topological polar surface area (TPSA) is 41.1 Å². The van der Waals surface area contributed by atoms with Gasteiger partial charge in [-0.15, -0.1) is 0 Å². The van der Waals surface area contributed by atoms with Gasteiger partial charge >= 0.3 is 6.18 Å². The number of thiocarbonyl (C=S) groups is 1. The molecule has 0 aliphatic rings. The van der Waals surface area contributed by atoms with E-state index in [2.05, 4.69) is 17.6 Å². The Balaban J connectivity index is 2.43. The molecule has 7 heteroatoms. The van der Waals surface area contributed by atoms with Crippen LogP contribution in [0.4, 0.5) is 13.2 Å². The molecule has 1 rings (SSSR count). The van der Waals surface area contributed by atoms with Crippen molar-refractivity contribution in [2.45, 2.75) is 38.8 Å². The molecule has 0 aliphatic heterocycles. The van der Waals surface area contributed by atoms with Gasteiger partial charge < -0.3 is 5.32 Å². The van der Waals surface area contributed by atoms with Gasteiger partial charge in [-0.1, -0.05) is 26.2 Å². The number of rotatable bonds is 6. The maximum atomic E-state index is 12.4. The maximum absolute atomic E-state index is 12.4. The molecule has 0 saturated carbocycles. The monoisotopic (exact) mass is 332 g/mol. The molecule has 3 nitrogen and oxygen atoms in total. The quantitative estimate of drug-likeness (QED) is 0.613. The Kier molecular flexibility index (Phi) is 7.31. The summed E-state index contributed by atoms with van der Waals surface area (Å²) in [6.07, 6.45) is -0.102. The molecule has 0 radical (unpaired) electrons. The number of unbranched alkanes of at least 4 members (excludes halogenated alkanes) is 3. The molecule has 122 valence electrons. The van der Waals surface area contributed by atoms with Gasteiger partial charge in [0.15, 0.2) is 5.11 Å². The van der Waals surface area contributed by atoms with Crippen LogP contribution in [0.25, 0.3) is 0 Å². The minimum Gasteiger partial charge on any atom is -0.362 e. The van der Waals surface area contributed by atoms with Crippen molar-refractivity contribution in [3.63, 3.8) is 0 Å². The molecule has 0 heterocycles. The number of nitrogens with one attached hydrogen (secondary N) is 2. The summed E-state index contributed by atoms with van der Waals surface area (Å²) in [4.78, 5) is 11.8. The third kappa shape index (κ3) is 6.43. The lowest BCUT2D eigenvalue weighted by Gasteiger charge is -2.10. The highest BCUT2D eigenvalue weighted by atomic mass is 32.1. The highest BCUT2D eigenvalue weighted by Gasteiger charge is 2.30. The third-order valence-electron chi connectivity index (χ3n) is 3.02. The first-order valence-electron chi connectivity index (χ1n) is 7.11. The van der Waals surface area contributed by atoms with Gasteiger partial charge in [-0.05, 0) is 42.9 Å². The number of amides is 1. The van der Waals surface area contributed by atoms with E-state index in [4.69, 9.17) is 12.2 Å². The third-order valence-corrected chi connectivity index (χ3v) is 3.26. The van der Waals surface area contributed by atoms with Crippen LogP contribution >= 0.6 is 12.2 Å². The van der Waals surface area contributed by atoms with Crippen molar-refractivity contribution in [3.8, 4) is 0 Å². The molecule has 22 heavy (non-hydrogen) atoms. The van der Waals surface area contributed by atoms with Crippen LogP contribution in [0.2, 0.25) is 0 Å². The Bertz CT molecular complexity index is 501. The van der Waals surface area contributed by atoms with Gasteiger partial charge in [0.2, 0.25) is 0 Å². The van der Waals surface area contributed by atoms with E-state index in [1.54, 1.807) is 0 Å². The number of benzene rings is 1. The predicted octanol–water partition coefficient (Wildman–Crippen LogP) is 3.89. The molecule has 0 saturated heterocycles. The van der Waals surface area contributed by atoms with Crippen molar-refractivity contribution in [2.24, 2.45) is 0 Å². The van der Waals surface area contributed by atoms with Gasteiger partial charge in [-0.25, -0.2) is 0 Å².